The zero-order valence-electron chi connectivity index (χ0n) is 19.6. The fourth-order valence-electron chi connectivity index (χ4n) is 5.30. The summed E-state index contributed by atoms with van der Waals surface area (Å²) in [6, 6.07) is 19.9. The van der Waals surface area contributed by atoms with E-state index in [1.807, 2.05) is 18.2 Å². The lowest BCUT2D eigenvalue weighted by atomic mass is 9.82. The van der Waals surface area contributed by atoms with E-state index in [-0.39, 0.29) is 24.9 Å². The van der Waals surface area contributed by atoms with Crippen LogP contribution in [0.25, 0.3) is 0 Å². The van der Waals surface area contributed by atoms with Crippen LogP contribution in [-0.4, -0.2) is 36.5 Å². The summed E-state index contributed by atoms with van der Waals surface area (Å²) >= 11 is 0. The van der Waals surface area contributed by atoms with E-state index in [9.17, 15) is 22.4 Å². The number of carbonyl (C=O) groups excluding carboxylic acids is 1. The molecule has 1 amide bonds. The predicted molar refractivity (Wildman–Crippen MR) is 130 cm³/mol. The number of carbonyl (C=O) groups is 1. The van der Waals surface area contributed by atoms with Gasteiger partial charge in [0.15, 0.2) is 0 Å². The fraction of sp³-hybridized carbons (Fsp3) is 0.321. The maximum atomic E-state index is 14.1. The highest BCUT2D eigenvalue weighted by molar-refractivity contribution is 5.82. The van der Waals surface area contributed by atoms with Crippen molar-refractivity contribution < 1.29 is 22.4 Å². The topological polar surface area (TPSA) is 35.6 Å². The van der Waals surface area contributed by atoms with Crippen LogP contribution < -0.4 is 10.2 Å². The molecule has 4 nitrogen and oxygen atoms in total. The lowest BCUT2D eigenvalue weighted by Crippen LogP contribution is -2.60. The molecule has 0 aliphatic carbocycles. The molecule has 188 valence electrons. The molecule has 0 aromatic heterocycles. The molecule has 36 heavy (non-hydrogen) atoms. The Morgan fingerprint density at radius 2 is 1.72 bits per heavy atom. The molecule has 2 unspecified atom stereocenters. The van der Waals surface area contributed by atoms with E-state index in [1.165, 1.54) is 18.2 Å². The Balaban J connectivity index is 1.41. The van der Waals surface area contributed by atoms with Gasteiger partial charge in [-0.15, -0.1) is 0 Å². The molecule has 2 heterocycles. The highest BCUT2D eigenvalue weighted by Gasteiger charge is 2.42. The highest BCUT2D eigenvalue weighted by Crippen LogP contribution is 2.40. The number of alkyl halides is 3. The number of amides is 1. The summed E-state index contributed by atoms with van der Waals surface area (Å²) in [6.45, 7) is 2.70. The van der Waals surface area contributed by atoms with Gasteiger partial charge in [0.25, 0.3) is 0 Å². The van der Waals surface area contributed by atoms with Gasteiger partial charge in [-0.05, 0) is 41.8 Å². The third-order valence-electron chi connectivity index (χ3n) is 7.12. The lowest BCUT2D eigenvalue weighted by Gasteiger charge is -2.49. The number of piperazine rings is 1. The summed E-state index contributed by atoms with van der Waals surface area (Å²) in [7, 11) is 0. The molecule has 8 heteroatoms. The first kappa shape index (κ1) is 24.3. The van der Waals surface area contributed by atoms with Gasteiger partial charge < -0.3 is 10.2 Å². The number of benzene rings is 3. The molecule has 3 aromatic rings. The van der Waals surface area contributed by atoms with E-state index >= 15 is 0 Å². The highest BCUT2D eigenvalue weighted by atomic mass is 19.4. The summed E-state index contributed by atoms with van der Waals surface area (Å²) < 4.78 is 54.3. The minimum atomic E-state index is -4.46. The molecular formula is C28H27F4N3O. The van der Waals surface area contributed by atoms with Crippen LogP contribution in [0.3, 0.4) is 0 Å². The second-order valence-corrected chi connectivity index (χ2v) is 9.44. The van der Waals surface area contributed by atoms with E-state index in [4.69, 9.17) is 0 Å². The minimum Gasteiger partial charge on any atom is -0.365 e. The molecule has 0 radical (unpaired) electrons. The van der Waals surface area contributed by atoms with Crippen molar-refractivity contribution in [1.29, 1.82) is 0 Å². The maximum Gasteiger partial charge on any atom is 0.416 e. The second kappa shape index (κ2) is 9.93. The van der Waals surface area contributed by atoms with Gasteiger partial charge in [-0.3, -0.25) is 9.69 Å². The SMILES string of the molecule is O=C(NCc1ccccc1F)C1Cc2cc(C(F)(F)F)ccc2N2CCN(Cc3ccccc3)CC12. The van der Waals surface area contributed by atoms with Crippen LogP contribution in [0.2, 0.25) is 0 Å². The van der Waals surface area contributed by atoms with Crippen LogP contribution in [0.15, 0.2) is 72.8 Å². The van der Waals surface area contributed by atoms with Gasteiger partial charge in [-0.2, -0.15) is 13.2 Å². The van der Waals surface area contributed by atoms with Gasteiger partial charge in [-0.1, -0.05) is 48.5 Å². The van der Waals surface area contributed by atoms with Crippen LogP contribution in [0, 0.1) is 11.7 Å². The molecular weight excluding hydrogens is 470 g/mol. The van der Waals surface area contributed by atoms with E-state index < -0.39 is 23.5 Å². The van der Waals surface area contributed by atoms with Gasteiger partial charge in [0.1, 0.15) is 5.82 Å². The first-order valence-corrected chi connectivity index (χ1v) is 12.0. The largest absolute Gasteiger partial charge is 0.416 e. The summed E-state index contributed by atoms with van der Waals surface area (Å²) in [5.41, 5.74) is 2.09. The van der Waals surface area contributed by atoms with Gasteiger partial charge in [-0.25, -0.2) is 4.39 Å². The summed E-state index contributed by atoms with van der Waals surface area (Å²) in [6.07, 6.45) is -4.26. The normalized spacial score (nSPS) is 19.9. The van der Waals surface area contributed by atoms with E-state index in [0.717, 1.165) is 30.4 Å². The molecule has 2 atom stereocenters. The summed E-state index contributed by atoms with van der Waals surface area (Å²) in [5, 5.41) is 2.84. The number of nitrogens with zero attached hydrogens (tertiary/aromatic N) is 2. The number of anilines is 1. The lowest BCUT2D eigenvalue weighted by molar-refractivity contribution is -0.137. The maximum absolute atomic E-state index is 14.1. The molecule has 1 N–H and O–H groups in total. The Hall–Kier alpha value is -3.39. The molecule has 2 aliphatic heterocycles. The van der Waals surface area contributed by atoms with Crippen molar-refractivity contribution in [3.05, 3.63) is 101 Å². The van der Waals surface area contributed by atoms with Crippen LogP contribution in [-0.2, 0) is 30.5 Å². The average Bonchev–Trinajstić information content (AvgIpc) is 2.87. The Kier molecular flexibility index (Phi) is 6.71. The number of hydrogen-bond acceptors (Lipinski definition) is 3. The van der Waals surface area contributed by atoms with Crippen molar-refractivity contribution in [2.75, 3.05) is 24.5 Å². The predicted octanol–water partition coefficient (Wildman–Crippen LogP) is 5.02. The summed E-state index contributed by atoms with van der Waals surface area (Å²) in [5.74, 6) is -1.25. The van der Waals surface area contributed by atoms with Crippen LogP contribution in [0.4, 0.5) is 23.2 Å². The molecule has 1 saturated heterocycles. The zero-order valence-corrected chi connectivity index (χ0v) is 19.6. The van der Waals surface area contributed by atoms with Crippen LogP contribution >= 0.6 is 0 Å². The van der Waals surface area contributed by atoms with Gasteiger partial charge in [0.2, 0.25) is 5.91 Å². The number of hydrogen-bond donors (Lipinski definition) is 1. The first-order chi connectivity index (χ1) is 17.3. The third kappa shape index (κ3) is 5.09. The first-order valence-electron chi connectivity index (χ1n) is 12.0. The molecule has 1 fully saturated rings. The number of rotatable bonds is 5. The average molecular weight is 498 g/mol. The Labute approximate surface area is 207 Å². The molecule has 2 aliphatic rings. The van der Waals surface area contributed by atoms with Crippen molar-refractivity contribution in [3.63, 3.8) is 0 Å². The van der Waals surface area contributed by atoms with Crippen LogP contribution in [0.1, 0.15) is 22.3 Å². The van der Waals surface area contributed by atoms with Crippen molar-refractivity contribution in [1.82, 2.24) is 10.2 Å². The third-order valence-corrected chi connectivity index (χ3v) is 7.12. The smallest absolute Gasteiger partial charge is 0.365 e. The van der Waals surface area contributed by atoms with E-state index in [2.05, 4.69) is 27.2 Å². The Morgan fingerprint density at radius 3 is 2.47 bits per heavy atom. The van der Waals surface area contributed by atoms with Crippen molar-refractivity contribution >= 4 is 11.6 Å². The second-order valence-electron chi connectivity index (χ2n) is 9.44. The van der Waals surface area contributed by atoms with Crippen molar-refractivity contribution in [2.24, 2.45) is 5.92 Å². The Bertz CT molecular complexity index is 1230. The van der Waals surface area contributed by atoms with E-state index in [1.54, 1.807) is 18.2 Å². The van der Waals surface area contributed by atoms with Gasteiger partial charge >= 0.3 is 6.18 Å². The van der Waals surface area contributed by atoms with Crippen molar-refractivity contribution in [3.8, 4) is 0 Å². The molecule has 0 saturated carbocycles. The number of nitrogens with one attached hydrogen (secondary N) is 1. The minimum absolute atomic E-state index is 0.0257. The van der Waals surface area contributed by atoms with Gasteiger partial charge in [0, 0.05) is 44.0 Å². The Morgan fingerprint density at radius 1 is 0.972 bits per heavy atom. The van der Waals surface area contributed by atoms with Crippen molar-refractivity contribution in [2.45, 2.75) is 31.7 Å². The molecule has 0 bridgehead atoms. The molecule has 3 aromatic carbocycles. The fourth-order valence-corrected chi connectivity index (χ4v) is 5.30. The van der Waals surface area contributed by atoms with Gasteiger partial charge in [0.05, 0.1) is 17.5 Å². The monoisotopic (exact) mass is 497 g/mol. The molecule has 0 spiro atoms. The standard InChI is InChI=1S/C28H27F4N3O/c29-24-9-5-4-8-20(24)16-33-27(36)23-15-21-14-22(28(30,31)32)10-11-25(21)35-13-12-34(18-26(23)35)17-19-6-2-1-3-7-19/h1-11,14,23,26H,12-13,15-18H2,(H,33,36). The number of halogens is 4. The van der Waals surface area contributed by atoms with E-state index in [0.29, 0.717) is 24.2 Å². The summed E-state index contributed by atoms with van der Waals surface area (Å²) in [4.78, 5) is 17.8. The number of fused-ring (bicyclic) bond motifs is 3. The van der Waals surface area contributed by atoms with Crippen LogP contribution in [0.5, 0.6) is 0 Å². The quantitative estimate of drug-likeness (QED) is 0.503. The molecule has 5 rings (SSSR count). The zero-order chi connectivity index (χ0) is 25.3.